The van der Waals surface area contributed by atoms with Gasteiger partial charge in [-0.25, -0.2) is 0 Å². The minimum absolute atomic E-state index is 0.0514. The Labute approximate surface area is 187 Å². The molecular formula is C25H26N4O3. The maximum Gasteiger partial charge on any atom is 0.258 e. The number of carbonyl (C=O) groups excluding carboxylic acids is 3. The van der Waals surface area contributed by atoms with E-state index in [4.69, 9.17) is 0 Å². The van der Waals surface area contributed by atoms with E-state index in [9.17, 15) is 14.4 Å². The van der Waals surface area contributed by atoms with Crippen molar-refractivity contribution in [2.75, 3.05) is 34.4 Å². The second-order valence-corrected chi connectivity index (χ2v) is 7.16. The molecule has 3 aromatic carbocycles. The number of nitrogens with one attached hydrogen (secondary N) is 3. The number of hydrogen-bond acceptors (Lipinski definition) is 4. The van der Waals surface area contributed by atoms with Crippen LogP contribution in [0.15, 0.2) is 78.9 Å². The summed E-state index contributed by atoms with van der Waals surface area (Å²) in [5.41, 5.74) is 3.41. The van der Waals surface area contributed by atoms with Crippen LogP contribution in [0.1, 0.15) is 23.7 Å². The highest BCUT2D eigenvalue weighted by Crippen LogP contribution is 2.17. The SMILES string of the molecule is CCC(=O)Nc1ccc(NCC(=O)Nc2ccc(C(=O)N(C)c3ccccc3)cc2)cc1. The molecule has 164 valence electrons. The first kappa shape index (κ1) is 22.6. The Morgan fingerprint density at radius 2 is 1.25 bits per heavy atom. The van der Waals surface area contributed by atoms with Crippen LogP contribution in [0.3, 0.4) is 0 Å². The van der Waals surface area contributed by atoms with Gasteiger partial charge in [0.05, 0.1) is 6.54 Å². The lowest BCUT2D eigenvalue weighted by atomic mass is 10.1. The number of anilines is 4. The summed E-state index contributed by atoms with van der Waals surface area (Å²) in [6.45, 7) is 1.87. The Bertz CT molecular complexity index is 1060. The van der Waals surface area contributed by atoms with E-state index in [1.807, 2.05) is 30.3 Å². The molecule has 3 aromatic rings. The van der Waals surface area contributed by atoms with Crippen LogP contribution in [0, 0.1) is 0 Å². The van der Waals surface area contributed by atoms with Crippen LogP contribution in [0.2, 0.25) is 0 Å². The number of nitrogens with zero attached hydrogens (tertiary/aromatic N) is 1. The molecule has 0 unspecified atom stereocenters. The van der Waals surface area contributed by atoms with Gasteiger partial charge >= 0.3 is 0 Å². The van der Waals surface area contributed by atoms with Crippen LogP contribution in [0.5, 0.6) is 0 Å². The van der Waals surface area contributed by atoms with E-state index in [1.54, 1.807) is 67.4 Å². The predicted octanol–water partition coefficient (Wildman–Crippen LogP) is 4.36. The normalized spacial score (nSPS) is 10.2. The lowest BCUT2D eigenvalue weighted by Gasteiger charge is -2.17. The van der Waals surface area contributed by atoms with Gasteiger partial charge in [-0.15, -0.1) is 0 Å². The Kier molecular flexibility index (Phi) is 7.59. The molecule has 0 aliphatic carbocycles. The summed E-state index contributed by atoms with van der Waals surface area (Å²) in [6, 6.07) is 23.3. The van der Waals surface area contributed by atoms with E-state index in [0.29, 0.717) is 23.4 Å². The molecule has 0 heterocycles. The molecule has 0 radical (unpaired) electrons. The molecule has 0 spiro atoms. The number of hydrogen-bond donors (Lipinski definition) is 3. The minimum atomic E-state index is -0.214. The van der Waals surface area contributed by atoms with E-state index in [0.717, 1.165) is 11.4 Å². The summed E-state index contributed by atoms with van der Waals surface area (Å²) in [6.07, 6.45) is 0.416. The van der Waals surface area contributed by atoms with E-state index in [-0.39, 0.29) is 24.3 Å². The van der Waals surface area contributed by atoms with Crippen LogP contribution in [-0.2, 0) is 9.59 Å². The molecule has 7 heteroatoms. The van der Waals surface area contributed by atoms with E-state index < -0.39 is 0 Å². The Hall–Kier alpha value is -4.13. The first-order valence-electron chi connectivity index (χ1n) is 10.3. The third-order valence-electron chi connectivity index (χ3n) is 4.81. The van der Waals surface area contributed by atoms with Gasteiger partial charge < -0.3 is 20.9 Å². The fraction of sp³-hybridized carbons (Fsp3) is 0.160. The highest BCUT2D eigenvalue weighted by Gasteiger charge is 2.13. The summed E-state index contributed by atoms with van der Waals surface area (Å²) in [5, 5.41) is 8.61. The van der Waals surface area contributed by atoms with E-state index in [2.05, 4.69) is 16.0 Å². The molecule has 0 bridgehead atoms. The van der Waals surface area contributed by atoms with Crippen LogP contribution in [0.4, 0.5) is 22.7 Å². The smallest absolute Gasteiger partial charge is 0.258 e. The van der Waals surface area contributed by atoms with Crippen molar-refractivity contribution in [2.45, 2.75) is 13.3 Å². The standard InChI is InChI=1S/C25H26N4O3/c1-3-23(30)27-21-15-13-19(14-16-21)26-17-24(31)28-20-11-9-18(10-12-20)25(32)29(2)22-7-5-4-6-8-22/h4-16,26H,3,17H2,1-2H3,(H,27,30)(H,28,31). The van der Waals surface area contributed by atoms with Crippen LogP contribution in [0.25, 0.3) is 0 Å². The summed E-state index contributed by atoms with van der Waals surface area (Å²) < 4.78 is 0. The lowest BCUT2D eigenvalue weighted by molar-refractivity contribution is -0.116. The Balaban J connectivity index is 1.50. The van der Waals surface area contributed by atoms with Gasteiger partial charge in [0.1, 0.15) is 0 Å². The van der Waals surface area contributed by atoms with Gasteiger partial charge in [-0.1, -0.05) is 25.1 Å². The first-order chi connectivity index (χ1) is 15.5. The maximum absolute atomic E-state index is 12.6. The molecule has 0 aromatic heterocycles. The number of para-hydroxylation sites is 1. The van der Waals surface area contributed by atoms with Crippen LogP contribution < -0.4 is 20.9 Å². The minimum Gasteiger partial charge on any atom is -0.376 e. The van der Waals surface area contributed by atoms with Gasteiger partial charge in [-0.3, -0.25) is 14.4 Å². The van der Waals surface area contributed by atoms with Crippen molar-refractivity contribution in [1.82, 2.24) is 0 Å². The van der Waals surface area contributed by atoms with Gasteiger partial charge in [0.25, 0.3) is 5.91 Å². The van der Waals surface area contributed by atoms with Crippen molar-refractivity contribution in [3.63, 3.8) is 0 Å². The number of benzene rings is 3. The Morgan fingerprint density at radius 3 is 1.84 bits per heavy atom. The molecule has 3 N–H and O–H groups in total. The van der Waals surface area contributed by atoms with Crippen molar-refractivity contribution in [3.8, 4) is 0 Å². The molecular weight excluding hydrogens is 404 g/mol. The number of amides is 3. The molecule has 0 aliphatic rings. The maximum atomic E-state index is 12.6. The molecule has 3 rings (SSSR count). The van der Waals surface area contributed by atoms with Crippen molar-refractivity contribution in [2.24, 2.45) is 0 Å². The molecule has 0 fully saturated rings. The predicted molar refractivity (Wildman–Crippen MR) is 128 cm³/mol. The highest BCUT2D eigenvalue weighted by molar-refractivity contribution is 6.06. The van der Waals surface area contributed by atoms with Crippen molar-refractivity contribution in [1.29, 1.82) is 0 Å². The fourth-order valence-electron chi connectivity index (χ4n) is 2.97. The zero-order valence-corrected chi connectivity index (χ0v) is 18.1. The second-order valence-electron chi connectivity index (χ2n) is 7.16. The van der Waals surface area contributed by atoms with Gasteiger partial charge in [0.15, 0.2) is 0 Å². The van der Waals surface area contributed by atoms with Crippen molar-refractivity contribution in [3.05, 3.63) is 84.4 Å². The zero-order chi connectivity index (χ0) is 22.9. The van der Waals surface area contributed by atoms with Gasteiger partial charge in [-0.2, -0.15) is 0 Å². The van der Waals surface area contributed by atoms with Crippen molar-refractivity contribution >= 4 is 40.5 Å². The zero-order valence-electron chi connectivity index (χ0n) is 18.1. The van der Waals surface area contributed by atoms with Gasteiger partial charge in [0.2, 0.25) is 11.8 Å². The average molecular weight is 431 g/mol. The summed E-state index contributed by atoms with van der Waals surface area (Å²) in [4.78, 5) is 37.9. The number of rotatable bonds is 8. The Morgan fingerprint density at radius 1 is 0.719 bits per heavy atom. The van der Waals surface area contributed by atoms with Crippen LogP contribution >= 0.6 is 0 Å². The molecule has 0 atom stereocenters. The van der Waals surface area contributed by atoms with Gasteiger partial charge in [-0.05, 0) is 60.7 Å². The largest absolute Gasteiger partial charge is 0.376 e. The molecule has 0 saturated heterocycles. The first-order valence-corrected chi connectivity index (χ1v) is 10.3. The average Bonchev–Trinajstić information content (AvgIpc) is 2.83. The topological polar surface area (TPSA) is 90.5 Å². The third-order valence-corrected chi connectivity index (χ3v) is 4.81. The third kappa shape index (κ3) is 6.18. The van der Waals surface area contributed by atoms with E-state index in [1.165, 1.54) is 0 Å². The molecule has 0 saturated carbocycles. The monoisotopic (exact) mass is 430 g/mol. The van der Waals surface area contributed by atoms with Gasteiger partial charge in [0, 0.05) is 41.8 Å². The second kappa shape index (κ2) is 10.8. The lowest BCUT2D eigenvalue weighted by Crippen LogP contribution is -2.26. The van der Waals surface area contributed by atoms with Crippen LogP contribution in [-0.4, -0.2) is 31.3 Å². The summed E-state index contributed by atoms with van der Waals surface area (Å²) in [5.74, 6) is -0.396. The molecule has 0 aliphatic heterocycles. The summed E-state index contributed by atoms with van der Waals surface area (Å²) >= 11 is 0. The quantitative estimate of drug-likeness (QED) is 0.495. The summed E-state index contributed by atoms with van der Waals surface area (Å²) in [7, 11) is 1.73. The van der Waals surface area contributed by atoms with E-state index >= 15 is 0 Å². The molecule has 32 heavy (non-hydrogen) atoms. The van der Waals surface area contributed by atoms with Crippen molar-refractivity contribution < 1.29 is 14.4 Å². The highest BCUT2D eigenvalue weighted by atomic mass is 16.2. The molecule has 3 amide bonds. The fourth-order valence-corrected chi connectivity index (χ4v) is 2.97. The molecule has 7 nitrogen and oxygen atoms in total. The number of carbonyl (C=O) groups is 3.